The van der Waals surface area contributed by atoms with Crippen LogP contribution in [0.3, 0.4) is 0 Å². The average Bonchev–Trinajstić information content (AvgIpc) is 3.15. The standard InChI is InChI=1S/C23H23N3O2/c1-26-15-14-17(19-4-2-3-5-21(19)26)9-6-16-7-10-18(11-8-16)24-23(28)20-12-13-22(27)25-20/h2-11,14-15,17,20H,12-13H2,1H3,(H,24,28)(H,25,27)/b9-6+/t17?,20-/m1/s1. The Balaban J connectivity index is 1.41. The van der Waals surface area contributed by atoms with Crippen molar-refractivity contribution in [1.29, 1.82) is 0 Å². The van der Waals surface area contributed by atoms with Gasteiger partial charge >= 0.3 is 0 Å². The SMILES string of the molecule is CN1C=CC(/C=C/c2ccc(NC(=O)[C@H]3CCC(=O)N3)cc2)c2ccccc21. The molecule has 2 amide bonds. The van der Waals surface area contributed by atoms with E-state index in [9.17, 15) is 9.59 Å². The first-order valence-corrected chi connectivity index (χ1v) is 9.49. The molecule has 2 aliphatic rings. The quantitative estimate of drug-likeness (QED) is 0.860. The summed E-state index contributed by atoms with van der Waals surface area (Å²) < 4.78 is 0. The van der Waals surface area contributed by atoms with E-state index in [4.69, 9.17) is 0 Å². The summed E-state index contributed by atoms with van der Waals surface area (Å²) in [6, 6.07) is 15.7. The lowest BCUT2D eigenvalue weighted by Crippen LogP contribution is -2.37. The van der Waals surface area contributed by atoms with E-state index in [1.165, 1.54) is 11.3 Å². The van der Waals surface area contributed by atoms with Gasteiger partial charge in [-0.05, 0) is 35.7 Å². The molecule has 0 bridgehead atoms. The zero-order valence-corrected chi connectivity index (χ0v) is 15.8. The lowest BCUT2D eigenvalue weighted by molar-refractivity contribution is -0.122. The second kappa shape index (κ2) is 7.72. The summed E-state index contributed by atoms with van der Waals surface area (Å²) in [5, 5.41) is 5.54. The van der Waals surface area contributed by atoms with Crippen LogP contribution in [0.25, 0.3) is 6.08 Å². The Morgan fingerprint density at radius 2 is 1.96 bits per heavy atom. The van der Waals surface area contributed by atoms with E-state index in [1.807, 2.05) is 24.3 Å². The second-order valence-corrected chi connectivity index (χ2v) is 7.17. The molecular weight excluding hydrogens is 350 g/mol. The Morgan fingerprint density at radius 1 is 1.18 bits per heavy atom. The van der Waals surface area contributed by atoms with Crippen molar-refractivity contribution in [2.45, 2.75) is 24.8 Å². The van der Waals surface area contributed by atoms with Gasteiger partial charge in [0, 0.05) is 37.0 Å². The van der Waals surface area contributed by atoms with Crippen LogP contribution in [-0.2, 0) is 9.59 Å². The summed E-state index contributed by atoms with van der Waals surface area (Å²) in [6.07, 6.45) is 9.53. The molecule has 1 saturated heterocycles. The molecule has 0 spiro atoms. The van der Waals surface area contributed by atoms with Gasteiger partial charge in [-0.2, -0.15) is 0 Å². The number of anilines is 2. The van der Waals surface area contributed by atoms with Crippen LogP contribution < -0.4 is 15.5 Å². The first kappa shape index (κ1) is 18.0. The van der Waals surface area contributed by atoms with Gasteiger partial charge < -0.3 is 15.5 Å². The number of carbonyl (C=O) groups excluding carboxylic acids is 2. The predicted octanol–water partition coefficient (Wildman–Crippen LogP) is 3.66. The smallest absolute Gasteiger partial charge is 0.246 e. The van der Waals surface area contributed by atoms with Crippen LogP contribution in [0, 0.1) is 0 Å². The van der Waals surface area contributed by atoms with E-state index in [2.05, 4.69) is 71.3 Å². The van der Waals surface area contributed by atoms with Crippen molar-refractivity contribution < 1.29 is 9.59 Å². The highest BCUT2D eigenvalue weighted by Crippen LogP contribution is 2.33. The van der Waals surface area contributed by atoms with Gasteiger partial charge in [0.1, 0.15) is 6.04 Å². The first-order chi connectivity index (χ1) is 13.6. The summed E-state index contributed by atoms with van der Waals surface area (Å²) >= 11 is 0. The fourth-order valence-electron chi connectivity index (χ4n) is 3.60. The molecule has 2 atom stereocenters. The Bertz CT molecular complexity index is 947. The van der Waals surface area contributed by atoms with Crippen molar-refractivity contribution in [3.8, 4) is 0 Å². The lowest BCUT2D eigenvalue weighted by atomic mass is 9.93. The Labute approximate surface area is 164 Å². The average molecular weight is 373 g/mol. The van der Waals surface area contributed by atoms with Gasteiger partial charge in [-0.1, -0.05) is 48.6 Å². The molecule has 0 aromatic heterocycles. The Hall–Kier alpha value is -3.34. The Kier molecular flexibility index (Phi) is 4.98. The molecule has 1 unspecified atom stereocenters. The molecule has 2 heterocycles. The van der Waals surface area contributed by atoms with Crippen molar-refractivity contribution >= 4 is 29.3 Å². The number of hydrogen-bond donors (Lipinski definition) is 2. The topological polar surface area (TPSA) is 61.4 Å². The van der Waals surface area contributed by atoms with E-state index < -0.39 is 6.04 Å². The number of fused-ring (bicyclic) bond motifs is 1. The van der Waals surface area contributed by atoms with Crippen LogP contribution >= 0.6 is 0 Å². The maximum Gasteiger partial charge on any atom is 0.246 e. The van der Waals surface area contributed by atoms with Crippen molar-refractivity contribution in [1.82, 2.24) is 5.32 Å². The minimum Gasteiger partial charge on any atom is -0.351 e. The van der Waals surface area contributed by atoms with Gasteiger partial charge in [0.2, 0.25) is 11.8 Å². The zero-order chi connectivity index (χ0) is 19.5. The summed E-state index contributed by atoms with van der Waals surface area (Å²) in [5.41, 5.74) is 4.30. The number of amides is 2. The van der Waals surface area contributed by atoms with Crippen LogP contribution in [0.2, 0.25) is 0 Å². The molecule has 4 rings (SSSR count). The van der Waals surface area contributed by atoms with Gasteiger partial charge in [0.25, 0.3) is 0 Å². The van der Waals surface area contributed by atoms with E-state index in [-0.39, 0.29) is 17.7 Å². The third-order valence-electron chi connectivity index (χ3n) is 5.18. The van der Waals surface area contributed by atoms with Crippen molar-refractivity contribution in [3.63, 3.8) is 0 Å². The van der Waals surface area contributed by atoms with Crippen molar-refractivity contribution in [2.24, 2.45) is 0 Å². The molecule has 2 aliphatic heterocycles. The molecule has 0 aliphatic carbocycles. The van der Waals surface area contributed by atoms with Gasteiger partial charge in [-0.3, -0.25) is 9.59 Å². The van der Waals surface area contributed by atoms with E-state index in [0.29, 0.717) is 12.8 Å². The number of nitrogens with zero attached hydrogens (tertiary/aromatic N) is 1. The third kappa shape index (κ3) is 3.83. The number of carbonyl (C=O) groups is 2. The summed E-state index contributed by atoms with van der Waals surface area (Å²) in [6.45, 7) is 0. The number of hydrogen-bond acceptors (Lipinski definition) is 3. The van der Waals surface area contributed by atoms with Crippen LogP contribution in [0.5, 0.6) is 0 Å². The monoisotopic (exact) mass is 373 g/mol. The molecule has 5 nitrogen and oxygen atoms in total. The van der Waals surface area contributed by atoms with E-state index in [0.717, 1.165) is 11.3 Å². The molecule has 142 valence electrons. The normalized spacial score (nSPS) is 20.9. The fraction of sp³-hybridized carbons (Fsp3) is 0.217. The zero-order valence-electron chi connectivity index (χ0n) is 15.8. The molecule has 0 radical (unpaired) electrons. The summed E-state index contributed by atoms with van der Waals surface area (Å²) in [7, 11) is 2.05. The third-order valence-corrected chi connectivity index (χ3v) is 5.18. The van der Waals surface area contributed by atoms with Crippen LogP contribution in [-0.4, -0.2) is 24.9 Å². The summed E-state index contributed by atoms with van der Waals surface area (Å²) in [5.74, 6) is 0.00475. The number of allylic oxidation sites excluding steroid dienone is 2. The second-order valence-electron chi connectivity index (χ2n) is 7.17. The molecule has 2 aromatic rings. The number of para-hydroxylation sites is 1. The van der Waals surface area contributed by atoms with Gasteiger partial charge in [0.05, 0.1) is 0 Å². The molecule has 0 saturated carbocycles. The van der Waals surface area contributed by atoms with E-state index in [1.54, 1.807) is 0 Å². The minimum atomic E-state index is -0.427. The number of benzene rings is 2. The van der Waals surface area contributed by atoms with Crippen molar-refractivity contribution in [3.05, 3.63) is 78.0 Å². The predicted molar refractivity (Wildman–Crippen MR) is 112 cm³/mol. The minimum absolute atomic E-state index is 0.0647. The van der Waals surface area contributed by atoms with Gasteiger partial charge in [-0.15, -0.1) is 0 Å². The largest absolute Gasteiger partial charge is 0.351 e. The number of nitrogens with one attached hydrogen (secondary N) is 2. The van der Waals surface area contributed by atoms with Crippen molar-refractivity contribution in [2.75, 3.05) is 17.3 Å². The van der Waals surface area contributed by atoms with Crippen LogP contribution in [0.15, 0.2) is 66.9 Å². The van der Waals surface area contributed by atoms with Crippen LogP contribution in [0.1, 0.15) is 29.9 Å². The number of rotatable bonds is 4. The maximum absolute atomic E-state index is 12.2. The molecule has 1 fully saturated rings. The summed E-state index contributed by atoms with van der Waals surface area (Å²) in [4.78, 5) is 25.5. The van der Waals surface area contributed by atoms with Gasteiger partial charge in [0.15, 0.2) is 0 Å². The van der Waals surface area contributed by atoms with Crippen LogP contribution in [0.4, 0.5) is 11.4 Å². The molecule has 28 heavy (non-hydrogen) atoms. The van der Waals surface area contributed by atoms with Gasteiger partial charge in [-0.25, -0.2) is 0 Å². The maximum atomic E-state index is 12.2. The highest BCUT2D eigenvalue weighted by Gasteiger charge is 2.27. The molecular formula is C23H23N3O2. The highest BCUT2D eigenvalue weighted by atomic mass is 16.2. The Morgan fingerprint density at radius 3 is 2.71 bits per heavy atom. The highest BCUT2D eigenvalue weighted by molar-refractivity contribution is 5.99. The first-order valence-electron chi connectivity index (χ1n) is 9.49. The molecule has 2 aromatic carbocycles. The molecule has 5 heteroatoms. The fourth-order valence-corrected chi connectivity index (χ4v) is 3.60. The molecule has 2 N–H and O–H groups in total. The van der Waals surface area contributed by atoms with E-state index >= 15 is 0 Å². The lowest BCUT2D eigenvalue weighted by Gasteiger charge is -2.26.